The van der Waals surface area contributed by atoms with Crippen molar-refractivity contribution >= 4 is 23.2 Å². The maximum absolute atomic E-state index is 5.99. The van der Waals surface area contributed by atoms with Gasteiger partial charge < -0.3 is 0 Å². The van der Waals surface area contributed by atoms with Crippen molar-refractivity contribution < 1.29 is 0 Å². The predicted molar refractivity (Wildman–Crippen MR) is 79.8 cm³/mol. The van der Waals surface area contributed by atoms with Crippen LogP contribution in [0.5, 0.6) is 0 Å². The summed E-state index contributed by atoms with van der Waals surface area (Å²) in [6.07, 6.45) is 7.48. The van der Waals surface area contributed by atoms with E-state index in [2.05, 4.69) is 12.0 Å². The summed E-state index contributed by atoms with van der Waals surface area (Å²) in [6, 6.07) is 5.64. The molecule has 0 heterocycles. The minimum atomic E-state index is 0.102. The zero-order valence-corrected chi connectivity index (χ0v) is 12.0. The van der Waals surface area contributed by atoms with Gasteiger partial charge in [0.25, 0.3) is 0 Å². The molecule has 3 N–H and O–H groups in total. The van der Waals surface area contributed by atoms with E-state index in [1.807, 2.05) is 18.2 Å². The van der Waals surface area contributed by atoms with Crippen LogP contribution < -0.4 is 11.3 Å². The average Bonchev–Trinajstić information content (AvgIpc) is 2.32. The lowest BCUT2D eigenvalue weighted by molar-refractivity contribution is 0.484. The molecule has 0 saturated carbocycles. The maximum Gasteiger partial charge on any atom is 0.0461 e. The summed E-state index contributed by atoms with van der Waals surface area (Å²) in [5.41, 5.74) is 3.87. The van der Waals surface area contributed by atoms with Crippen LogP contribution in [0.3, 0.4) is 0 Å². The number of benzene rings is 1. The molecular weight excluding hydrogens is 267 g/mol. The molecule has 0 aliphatic carbocycles. The minimum absolute atomic E-state index is 0.102. The molecule has 0 spiro atoms. The highest BCUT2D eigenvalue weighted by molar-refractivity contribution is 6.34. The van der Waals surface area contributed by atoms with E-state index in [9.17, 15) is 0 Å². The van der Waals surface area contributed by atoms with Crippen LogP contribution >= 0.6 is 23.2 Å². The summed E-state index contributed by atoms with van der Waals surface area (Å²) in [6.45, 7) is 3.71. The predicted octanol–water partition coefficient (Wildman–Crippen LogP) is 4.63. The maximum atomic E-state index is 5.99. The SMILES string of the molecule is C=CCCCCCC(NN)c1cc(Cl)cc(Cl)c1. The number of rotatable bonds is 8. The molecule has 1 aromatic rings. The van der Waals surface area contributed by atoms with Crippen molar-refractivity contribution in [2.75, 3.05) is 0 Å². The molecule has 0 aromatic heterocycles. The fraction of sp³-hybridized carbons (Fsp3) is 0.429. The van der Waals surface area contributed by atoms with Gasteiger partial charge in [-0.15, -0.1) is 6.58 Å². The first kappa shape index (κ1) is 15.5. The van der Waals surface area contributed by atoms with Crippen molar-refractivity contribution in [3.63, 3.8) is 0 Å². The molecule has 100 valence electrons. The van der Waals surface area contributed by atoms with Crippen molar-refractivity contribution in [2.24, 2.45) is 5.84 Å². The molecule has 4 heteroatoms. The second-order valence-electron chi connectivity index (χ2n) is 4.35. The first-order chi connectivity index (χ1) is 8.67. The third-order valence-electron chi connectivity index (χ3n) is 2.89. The van der Waals surface area contributed by atoms with Crippen molar-refractivity contribution in [1.82, 2.24) is 5.43 Å². The van der Waals surface area contributed by atoms with Gasteiger partial charge >= 0.3 is 0 Å². The third-order valence-corrected chi connectivity index (χ3v) is 3.33. The zero-order chi connectivity index (χ0) is 13.4. The molecule has 18 heavy (non-hydrogen) atoms. The Balaban J connectivity index is 2.51. The van der Waals surface area contributed by atoms with E-state index in [1.165, 1.54) is 12.8 Å². The zero-order valence-electron chi connectivity index (χ0n) is 10.5. The van der Waals surface area contributed by atoms with Crippen LogP contribution in [0.4, 0.5) is 0 Å². The Kier molecular flexibility index (Phi) is 7.36. The quantitative estimate of drug-likeness (QED) is 0.316. The summed E-state index contributed by atoms with van der Waals surface area (Å²) in [4.78, 5) is 0. The summed E-state index contributed by atoms with van der Waals surface area (Å²) in [5.74, 6) is 5.59. The Bertz CT molecular complexity index is 360. The Morgan fingerprint density at radius 2 is 1.83 bits per heavy atom. The van der Waals surface area contributed by atoms with E-state index in [1.54, 1.807) is 6.07 Å². The van der Waals surface area contributed by atoms with Gasteiger partial charge in [-0.05, 0) is 43.0 Å². The van der Waals surface area contributed by atoms with Crippen LogP contribution in [0.25, 0.3) is 0 Å². The van der Waals surface area contributed by atoms with Crippen molar-refractivity contribution in [1.29, 1.82) is 0 Å². The van der Waals surface area contributed by atoms with Crippen LogP contribution in [0.2, 0.25) is 10.0 Å². The number of nitrogens with one attached hydrogen (secondary N) is 1. The van der Waals surface area contributed by atoms with E-state index in [0.717, 1.165) is 24.8 Å². The van der Waals surface area contributed by atoms with Crippen LogP contribution in [0, 0.1) is 0 Å². The van der Waals surface area contributed by atoms with E-state index in [0.29, 0.717) is 10.0 Å². The lowest BCUT2D eigenvalue weighted by Crippen LogP contribution is -2.28. The number of unbranched alkanes of at least 4 members (excludes halogenated alkanes) is 3. The van der Waals surface area contributed by atoms with E-state index in [4.69, 9.17) is 29.0 Å². The molecule has 0 amide bonds. The number of halogens is 2. The molecule has 0 saturated heterocycles. The van der Waals surface area contributed by atoms with Crippen molar-refractivity contribution in [3.8, 4) is 0 Å². The number of nitrogens with two attached hydrogens (primary N) is 1. The molecule has 0 bridgehead atoms. The first-order valence-corrected chi connectivity index (χ1v) is 6.96. The van der Waals surface area contributed by atoms with Gasteiger partial charge in [-0.2, -0.15) is 0 Å². The van der Waals surface area contributed by atoms with Gasteiger partial charge in [-0.1, -0.05) is 42.1 Å². The summed E-state index contributed by atoms with van der Waals surface area (Å²) >= 11 is 12.0. The largest absolute Gasteiger partial charge is 0.271 e. The Morgan fingerprint density at radius 1 is 1.17 bits per heavy atom. The molecular formula is C14H20Cl2N2. The topological polar surface area (TPSA) is 38.0 Å². The Morgan fingerprint density at radius 3 is 2.39 bits per heavy atom. The van der Waals surface area contributed by atoms with E-state index < -0.39 is 0 Å². The third kappa shape index (κ3) is 5.40. The summed E-state index contributed by atoms with van der Waals surface area (Å²) in [7, 11) is 0. The number of hydrogen-bond acceptors (Lipinski definition) is 2. The van der Waals surface area contributed by atoms with Crippen LogP contribution in [-0.2, 0) is 0 Å². The molecule has 2 nitrogen and oxygen atoms in total. The molecule has 1 atom stereocenters. The molecule has 1 rings (SSSR count). The number of hydrogen-bond donors (Lipinski definition) is 2. The van der Waals surface area contributed by atoms with Crippen LogP contribution in [-0.4, -0.2) is 0 Å². The molecule has 1 aromatic carbocycles. The monoisotopic (exact) mass is 286 g/mol. The van der Waals surface area contributed by atoms with Crippen LogP contribution in [0.1, 0.15) is 43.7 Å². The standard InChI is InChI=1S/C14H20Cl2N2/c1-2-3-4-5-6-7-14(18-17)11-8-12(15)10-13(16)9-11/h2,8-10,14,18H,1,3-7,17H2. The van der Waals surface area contributed by atoms with E-state index in [-0.39, 0.29) is 6.04 Å². The molecule has 0 aliphatic rings. The highest BCUT2D eigenvalue weighted by Crippen LogP contribution is 2.26. The molecule has 0 radical (unpaired) electrons. The lowest BCUT2D eigenvalue weighted by Gasteiger charge is -2.16. The highest BCUT2D eigenvalue weighted by Gasteiger charge is 2.10. The Hall–Kier alpha value is -0.540. The van der Waals surface area contributed by atoms with E-state index >= 15 is 0 Å². The van der Waals surface area contributed by atoms with Gasteiger partial charge in [-0.25, -0.2) is 0 Å². The van der Waals surface area contributed by atoms with Gasteiger partial charge in [0.15, 0.2) is 0 Å². The van der Waals surface area contributed by atoms with Crippen molar-refractivity contribution in [2.45, 2.75) is 38.1 Å². The van der Waals surface area contributed by atoms with Crippen molar-refractivity contribution in [3.05, 3.63) is 46.5 Å². The summed E-state index contributed by atoms with van der Waals surface area (Å²) < 4.78 is 0. The van der Waals surface area contributed by atoms with Gasteiger partial charge in [-0.3, -0.25) is 11.3 Å². The second kappa shape index (κ2) is 8.54. The fourth-order valence-electron chi connectivity index (χ4n) is 1.94. The van der Waals surface area contributed by atoms with Gasteiger partial charge in [0.1, 0.15) is 0 Å². The lowest BCUT2D eigenvalue weighted by atomic mass is 10.0. The highest BCUT2D eigenvalue weighted by atomic mass is 35.5. The molecule has 0 aliphatic heterocycles. The molecule has 1 unspecified atom stereocenters. The fourth-order valence-corrected chi connectivity index (χ4v) is 2.48. The average molecular weight is 287 g/mol. The summed E-state index contributed by atoms with van der Waals surface area (Å²) in [5, 5.41) is 1.29. The van der Waals surface area contributed by atoms with Crippen LogP contribution in [0.15, 0.2) is 30.9 Å². The second-order valence-corrected chi connectivity index (χ2v) is 5.22. The first-order valence-electron chi connectivity index (χ1n) is 6.20. The smallest absolute Gasteiger partial charge is 0.0461 e. The van der Waals surface area contributed by atoms with Gasteiger partial charge in [0, 0.05) is 16.1 Å². The number of allylic oxidation sites excluding steroid dienone is 1. The normalized spacial score (nSPS) is 12.4. The van der Waals surface area contributed by atoms with Gasteiger partial charge in [0.2, 0.25) is 0 Å². The molecule has 0 fully saturated rings. The van der Waals surface area contributed by atoms with Gasteiger partial charge in [0.05, 0.1) is 0 Å². The number of hydrazine groups is 1. The minimum Gasteiger partial charge on any atom is -0.271 e. The Labute approximate surface area is 119 Å².